The molecule has 3 aliphatic heterocycles. The minimum Gasteiger partial charge on any atom is -0.490 e. The number of halogens is 1. The number of aryl methyl sites for hydroxylation is 1. The third-order valence-corrected chi connectivity index (χ3v) is 15.6. The number of allylic oxidation sites excluding steroid dienone is 1. The van der Waals surface area contributed by atoms with Crippen LogP contribution in [-0.2, 0) is 26.6 Å². The van der Waals surface area contributed by atoms with Crippen molar-refractivity contribution in [1.29, 1.82) is 0 Å². The summed E-state index contributed by atoms with van der Waals surface area (Å²) in [6, 6.07) is 12.2. The zero-order valence-corrected chi connectivity index (χ0v) is 33.9. The molecule has 0 aromatic heterocycles. The predicted octanol–water partition coefficient (Wildman–Crippen LogP) is 6.68. The quantitative estimate of drug-likeness (QED) is 0.345. The summed E-state index contributed by atoms with van der Waals surface area (Å²) in [5, 5.41) is -0.0223. The average Bonchev–Trinajstić information content (AvgIpc) is 3.44. The molecule has 290 valence electrons. The first kappa shape index (κ1) is 38.6. The molecule has 3 heterocycles. The molecule has 2 aromatic carbocycles. The van der Waals surface area contributed by atoms with Gasteiger partial charge in [0, 0.05) is 61.9 Å². The molecule has 2 bridgehead atoms. The number of amides is 1. The number of carbonyl (C=O) groups is 1. The second-order valence-corrected chi connectivity index (χ2v) is 19.4. The van der Waals surface area contributed by atoms with Gasteiger partial charge in [-0.15, -0.1) is 0 Å². The third kappa shape index (κ3) is 7.77. The molecule has 11 heteroatoms. The van der Waals surface area contributed by atoms with Crippen molar-refractivity contribution in [3.05, 3.63) is 70.3 Å². The molecule has 1 amide bonds. The minimum atomic E-state index is -3.95. The summed E-state index contributed by atoms with van der Waals surface area (Å²) < 4.78 is 43.1. The first-order valence-corrected chi connectivity index (χ1v) is 21.8. The van der Waals surface area contributed by atoms with Gasteiger partial charge in [-0.05, 0) is 138 Å². The van der Waals surface area contributed by atoms with E-state index in [-0.39, 0.29) is 17.3 Å². The van der Waals surface area contributed by atoms with E-state index in [0.717, 1.165) is 101 Å². The Kier molecular flexibility index (Phi) is 11.3. The second-order valence-electron chi connectivity index (χ2n) is 16.9. The molecule has 0 radical (unpaired) electrons. The molecule has 5 aliphatic rings. The van der Waals surface area contributed by atoms with Crippen molar-refractivity contribution in [3.63, 3.8) is 0 Å². The summed E-state index contributed by atoms with van der Waals surface area (Å²) in [5.74, 6) is 0.509. The SMILES string of the molecule is CO[C@@]1(CN2CCCN(C(C)C)CC2)/C=C/C[C@H](C)[C@@H](C)S(=O)(=O)NC(=O)c2ccc3c(c2)N(C[C@@H]2CC[C@H]21)C[C@@]1(CCCc2cc(Cl)ccc21)CO3. The number of carbonyl (C=O) groups excluding carboxylic acids is 1. The van der Waals surface area contributed by atoms with E-state index in [0.29, 0.717) is 30.6 Å². The summed E-state index contributed by atoms with van der Waals surface area (Å²) in [6.45, 7) is 15.2. The van der Waals surface area contributed by atoms with Crippen molar-refractivity contribution >= 4 is 33.2 Å². The first-order valence-electron chi connectivity index (χ1n) is 19.9. The molecule has 53 heavy (non-hydrogen) atoms. The number of sulfonamides is 1. The maximum Gasteiger partial charge on any atom is 0.264 e. The minimum absolute atomic E-state index is 0.214. The molecule has 1 saturated carbocycles. The Bertz CT molecular complexity index is 1800. The van der Waals surface area contributed by atoms with E-state index >= 15 is 0 Å². The Hall–Kier alpha value is -2.63. The lowest BCUT2D eigenvalue weighted by molar-refractivity contribution is -0.0911. The molecule has 1 saturated heterocycles. The van der Waals surface area contributed by atoms with E-state index in [4.69, 9.17) is 21.1 Å². The molecule has 1 N–H and O–H groups in total. The monoisotopic (exact) mass is 766 g/mol. The van der Waals surface area contributed by atoms with Crippen molar-refractivity contribution in [2.75, 3.05) is 64.4 Å². The molecular formula is C42H59ClN4O5S. The summed E-state index contributed by atoms with van der Waals surface area (Å²) in [4.78, 5) is 21.3. The van der Waals surface area contributed by atoms with Gasteiger partial charge in [-0.2, -0.15) is 0 Å². The largest absolute Gasteiger partial charge is 0.490 e. The fraction of sp³-hybridized carbons (Fsp3) is 0.643. The van der Waals surface area contributed by atoms with Crippen molar-refractivity contribution < 1.29 is 22.7 Å². The van der Waals surface area contributed by atoms with Crippen LogP contribution in [0.15, 0.2) is 48.6 Å². The number of hydrogen-bond acceptors (Lipinski definition) is 8. The summed E-state index contributed by atoms with van der Waals surface area (Å²) in [6.07, 6.45) is 11.3. The zero-order valence-electron chi connectivity index (χ0n) is 32.3. The molecular weight excluding hydrogens is 708 g/mol. The summed E-state index contributed by atoms with van der Waals surface area (Å²) in [7, 11) is -2.09. The van der Waals surface area contributed by atoms with Crippen LogP contribution in [-0.4, -0.2) is 101 Å². The van der Waals surface area contributed by atoms with Crippen LogP contribution in [0.3, 0.4) is 0 Å². The summed E-state index contributed by atoms with van der Waals surface area (Å²) in [5.41, 5.74) is 2.93. The lowest BCUT2D eigenvalue weighted by Gasteiger charge is -2.51. The Labute approximate surface area is 322 Å². The fourth-order valence-corrected chi connectivity index (χ4v) is 11.3. The van der Waals surface area contributed by atoms with Crippen LogP contribution >= 0.6 is 11.6 Å². The number of anilines is 1. The highest BCUT2D eigenvalue weighted by Gasteiger charge is 2.50. The maximum atomic E-state index is 13.7. The van der Waals surface area contributed by atoms with Gasteiger partial charge in [0.05, 0.1) is 17.5 Å². The number of nitrogens with zero attached hydrogens (tertiary/aromatic N) is 3. The first-order chi connectivity index (χ1) is 25.3. The highest BCUT2D eigenvalue weighted by atomic mass is 35.5. The smallest absolute Gasteiger partial charge is 0.264 e. The molecule has 1 spiro atoms. The van der Waals surface area contributed by atoms with Gasteiger partial charge in [0.25, 0.3) is 5.91 Å². The maximum absolute atomic E-state index is 13.7. The van der Waals surface area contributed by atoms with E-state index in [1.807, 2.05) is 32.2 Å². The molecule has 2 aromatic rings. The van der Waals surface area contributed by atoms with Crippen LogP contribution in [0.1, 0.15) is 87.7 Å². The average molecular weight is 767 g/mol. The van der Waals surface area contributed by atoms with Gasteiger partial charge in [-0.1, -0.05) is 36.7 Å². The van der Waals surface area contributed by atoms with Gasteiger partial charge in [0.1, 0.15) is 11.4 Å². The van der Waals surface area contributed by atoms with Gasteiger partial charge < -0.3 is 14.4 Å². The molecule has 0 unspecified atom stereocenters. The fourth-order valence-electron chi connectivity index (χ4n) is 9.82. The third-order valence-electron chi connectivity index (χ3n) is 13.4. The van der Waals surface area contributed by atoms with Crippen LogP contribution in [0.4, 0.5) is 5.69 Å². The van der Waals surface area contributed by atoms with Crippen molar-refractivity contribution in [1.82, 2.24) is 14.5 Å². The van der Waals surface area contributed by atoms with Crippen LogP contribution < -0.4 is 14.4 Å². The lowest BCUT2D eigenvalue weighted by atomic mass is 9.63. The van der Waals surface area contributed by atoms with Crippen LogP contribution in [0.25, 0.3) is 0 Å². The van der Waals surface area contributed by atoms with Crippen molar-refractivity contribution in [2.24, 2.45) is 17.8 Å². The Morgan fingerprint density at radius 1 is 1.06 bits per heavy atom. The molecule has 6 atom stereocenters. The number of rotatable bonds is 4. The number of ether oxygens (including phenoxy) is 2. The predicted molar refractivity (Wildman–Crippen MR) is 213 cm³/mol. The van der Waals surface area contributed by atoms with E-state index in [9.17, 15) is 13.2 Å². The molecule has 2 aliphatic carbocycles. The normalized spacial score (nSPS) is 33.1. The standard InChI is InChI=1S/C42H59ClN4O5S/c1-29(2)46-20-8-19-45(21-22-46)27-42(51-5)18-6-9-30(3)31(4)53(49,50)44-40(48)33-12-16-39-38(24-33)47(25-34-11-14-37(34)42)26-41(28-52-39)17-7-10-32-23-35(43)13-15-36(32)41/h6,12-13,15-16,18,23-24,29-31,34,37H,7-11,14,17,19-22,25-28H2,1-5H3,(H,44,48)/b18-6+/t30-,31+,34-,37+,41-,42+/m0/s1. The number of nitrogens with one attached hydrogen (secondary N) is 1. The topological polar surface area (TPSA) is 91.4 Å². The van der Waals surface area contributed by atoms with Crippen molar-refractivity contribution in [2.45, 2.75) is 94.9 Å². The number of methoxy groups -OCH3 is 1. The Morgan fingerprint density at radius 3 is 2.64 bits per heavy atom. The number of benzene rings is 2. The Balaban J connectivity index is 1.29. The van der Waals surface area contributed by atoms with E-state index in [2.05, 4.69) is 57.6 Å². The van der Waals surface area contributed by atoms with Crippen LogP contribution in [0.5, 0.6) is 5.75 Å². The highest BCUT2D eigenvalue weighted by molar-refractivity contribution is 7.90. The molecule has 7 rings (SSSR count). The number of fused-ring (bicyclic) bond motifs is 4. The Morgan fingerprint density at radius 2 is 1.89 bits per heavy atom. The van der Waals surface area contributed by atoms with Crippen LogP contribution in [0, 0.1) is 17.8 Å². The van der Waals surface area contributed by atoms with E-state index in [1.54, 1.807) is 13.0 Å². The number of hydrogen-bond donors (Lipinski definition) is 1. The van der Waals surface area contributed by atoms with Gasteiger partial charge >= 0.3 is 0 Å². The second kappa shape index (κ2) is 15.5. The van der Waals surface area contributed by atoms with Gasteiger partial charge in [0.2, 0.25) is 10.0 Å². The van der Waals surface area contributed by atoms with Gasteiger partial charge in [-0.25, -0.2) is 13.1 Å². The summed E-state index contributed by atoms with van der Waals surface area (Å²) >= 11 is 6.51. The van der Waals surface area contributed by atoms with Gasteiger partial charge in [0.15, 0.2) is 0 Å². The molecule has 9 nitrogen and oxygen atoms in total. The van der Waals surface area contributed by atoms with Crippen molar-refractivity contribution in [3.8, 4) is 5.75 Å². The lowest BCUT2D eigenvalue weighted by Crippen LogP contribution is -2.57. The van der Waals surface area contributed by atoms with Crippen LogP contribution in [0.2, 0.25) is 5.02 Å². The zero-order chi connectivity index (χ0) is 37.5. The van der Waals surface area contributed by atoms with E-state index in [1.165, 1.54) is 11.1 Å². The highest BCUT2D eigenvalue weighted by Crippen LogP contribution is 2.49. The van der Waals surface area contributed by atoms with Gasteiger partial charge in [-0.3, -0.25) is 14.6 Å². The van der Waals surface area contributed by atoms with E-state index < -0.39 is 26.8 Å². The molecule has 2 fully saturated rings.